The summed E-state index contributed by atoms with van der Waals surface area (Å²) >= 11 is 0. The summed E-state index contributed by atoms with van der Waals surface area (Å²) in [5, 5.41) is 0. The molecular weight excluding hydrogens is 386 g/mol. The molecule has 0 N–H and O–H groups in total. The summed E-state index contributed by atoms with van der Waals surface area (Å²) in [6, 6.07) is 24.1. The van der Waals surface area contributed by atoms with Crippen LogP contribution in [0.4, 0.5) is 0 Å². The minimum Gasteiger partial charge on any atom is -0.489 e. The fraction of sp³-hybridized carbons (Fsp3) is 0.308. The van der Waals surface area contributed by atoms with E-state index >= 15 is 0 Å². The number of para-hydroxylation sites is 1. The van der Waals surface area contributed by atoms with Crippen LogP contribution in [0, 0.1) is 0 Å². The number of carbonyl (C=O) groups excluding carboxylic acids is 1. The maximum absolute atomic E-state index is 13.5. The van der Waals surface area contributed by atoms with Crippen LogP contribution >= 0.6 is 0 Å². The van der Waals surface area contributed by atoms with Gasteiger partial charge in [0.25, 0.3) is 0 Å². The maximum Gasteiger partial charge on any atom is 0.248 e. The van der Waals surface area contributed by atoms with Crippen molar-refractivity contribution in [3.05, 3.63) is 95.8 Å². The molecular formula is C26H29N3O2. The third-order valence-corrected chi connectivity index (χ3v) is 5.93. The topological polar surface area (TPSA) is 45.7 Å². The van der Waals surface area contributed by atoms with Crippen LogP contribution in [0.25, 0.3) is 0 Å². The molecule has 3 aromatic rings. The second-order valence-electron chi connectivity index (χ2n) is 8.18. The van der Waals surface area contributed by atoms with Crippen molar-refractivity contribution < 1.29 is 9.53 Å². The number of pyridine rings is 1. The fourth-order valence-electron chi connectivity index (χ4n) is 4.42. The van der Waals surface area contributed by atoms with Gasteiger partial charge in [-0.2, -0.15) is 0 Å². The molecule has 0 radical (unpaired) electrons. The highest BCUT2D eigenvalue weighted by Crippen LogP contribution is 2.41. The van der Waals surface area contributed by atoms with Gasteiger partial charge in [0.1, 0.15) is 17.9 Å². The van der Waals surface area contributed by atoms with Gasteiger partial charge in [-0.15, -0.1) is 0 Å². The van der Waals surface area contributed by atoms with Gasteiger partial charge in [-0.1, -0.05) is 54.6 Å². The van der Waals surface area contributed by atoms with Crippen LogP contribution in [0.3, 0.4) is 0 Å². The van der Waals surface area contributed by atoms with Crippen LogP contribution in [-0.2, 0) is 23.5 Å². The van der Waals surface area contributed by atoms with Gasteiger partial charge in [-0.25, -0.2) is 0 Å². The Labute approximate surface area is 184 Å². The van der Waals surface area contributed by atoms with E-state index in [1.807, 2.05) is 68.7 Å². The van der Waals surface area contributed by atoms with Gasteiger partial charge >= 0.3 is 0 Å². The van der Waals surface area contributed by atoms with Gasteiger partial charge in [-0.05, 0) is 43.1 Å². The quantitative estimate of drug-likeness (QED) is 0.579. The van der Waals surface area contributed by atoms with Crippen molar-refractivity contribution in [2.24, 2.45) is 0 Å². The third-order valence-electron chi connectivity index (χ3n) is 5.93. The molecule has 1 aromatic heterocycles. The molecule has 5 heteroatoms. The lowest BCUT2D eigenvalue weighted by Crippen LogP contribution is -2.52. The van der Waals surface area contributed by atoms with E-state index < -0.39 is 5.54 Å². The van der Waals surface area contributed by atoms with Crippen molar-refractivity contribution in [1.29, 1.82) is 0 Å². The minimum absolute atomic E-state index is 0.0754. The molecule has 1 aliphatic heterocycles. The molecule has 1 atom stereocenters. The van der Waals surface area contributed by atoms with Crippen LogP contribution in [0.15, 0.2) is 79.0 Å². The highest BCUT2D eigenvalue weighted by atomic mass is 16.5. The van der Waals surface area contributed by atoms with E-state index in [-0.39, 0.29) is 5.91 Å². The molecule has 2 aromatic carbocycles. The molecule has 4 rings (SSSR count). The number of ether oxygens (including phenoxy) is 1. The lowest BCUT2D eigenvalue weighted by atomic mass is 9.89. The maximum atomic E-state index is 13.5. The molecule has 1 amide bonds. The van der Waals surface area contributed by atoms with E-state index in [2.05, 4.69) is 28.1 Å². The molecule has 0 bridgehead atoms. The van der Waals surface area contributed by atoms with Crippen LogP contribution in [0.2, 0.25) is 0 Å². The number of hydrogen-bond acceptors (Lipinski definition) is 4. The molecule has 160 valence electrons. The molecule has 1 aliphatic rings. The molecule has 0 aliphatic carbocycles. The summed E-state index contributed by atoms with van der Waals surface area (Å²) in [5.41, 5.74) is 2.27. The summed E-state index contributed by atoms with van der Waals surface area (Å²) in [4.78, 5) is 22.0. The van der Waals surface area contributed by atoms with Gasteiger partial charge in [0.2, 0.25) is 5.91 Å². The first-order valence-corrected chi connectivity index (χ1v) is 10.7. The molecule has 0 unspecified atom stereocenters. The van der Waals surface area contributed by atoms with Crippen molar-refractivity contribution in [3.8, 4) is 5.75 Å². The van der Waals surface area contributed by atoms with Crippen LogP contribution < -0.4 is 4.74 Å². The number of nitrogens with zero attached hydrogens (tertiary/aromatic N) is 3. The molecule has 31 heavy (non-hydrogen) atoms. The Hall–Kier alpha value is -3.18. The largest absolute Gasteiger partial charge is 0.489 e. The SMILES string of the molecule is CN(C)C(=O)[C@]1(c2ccccn2)CCCN1Cc1ccccc1OCc1ccccc1. The predicted molar refractivity (Wildman–Crippen MR) is 121 cm³/mol. The molecule has 2 heterocycles. The van der Waals surface area contributed by atoms with Crippen molar-refractivity contribution >= 4 is 5.91 Å². The predicted octanol–water partition coefficient (Wildman–Crippen LogP) is 4.24. The molecule has 0 spiro atoms. The van der Waals surface area contributed by atoms with Gasteiger partial charge in [0, 0.05) is 32.4 Å². The van der Waals surface area contributed by atoms with Crippen LogP contribution in [0.5, 0.6) is 5.75 Å². The fourth-order valence-corrected chi connectivity index (χ4v) is 4.42. The zero-order chi connectivity index (χ0) is 21.7. The second kappa shape index (κ2) is 9.31. The monoisotopic (exact) mass is 415 g/mol. The Kier molecular flexibility index (Phi) is 6.33. The highest BCUT2D eigenvalue weighted by molar-refractivity contribution is 5.87. The van der Waals surface area contributed by atoms with Gasteiger partial charge in [0.05, 0.1) is 5.69 Å². The molecule has 1 saturated heterocycles. The summed E-state index contributed by atoms with van der Waals surface area (Å²) in [7, 11) is 3.64. The first kappa shape index (κ1) is 21.1. The second-order valence-corrected chi connectivity index (χ2v) is 8.18. The Morgan fingerprint density at radius 1 is 1.03 bits per heavy atom. The minimum atomic E-state index is -0.753. The number of aromatic nitrogens is 1. The number of rotatable bonds is 7. The number of carbonyl (C=O) groups is 1. The summed E-state index contributed by atoms with van der Waals surface area (Å²) in [6.45, 7) is 1.98. The van der Waals surface area contributed by atoms with Crippen molar-refractivity contribution in [2.75, 3.05) is 20.6 Å². The number of likely N-dealkylation sites (tertiary alicyclic amines) is 1. The lowest BCUT2D eigenvalue weighted by Gasteiger charge is -2.38. The van der Waals surface area contributed by atoms with E-state index in [0.717, 1.165) is 42.0 Å². The van der Waals surface area contributed by atoms with Gasteiger partial charge in [-0.3, -0.25) is 14.7 Å². The summed E-state index contributed by atoms with van der Waals surface area (Å²) in [6.07, 6.45) is 3.48. The average molecular weight is 416 g/mol. The zero-order valence-corrected chi connectivity index (χ0v) is 18.2. The molecule has 5 nitrogen and oxygen atoms in total. The molecule has 0 saturated carbocycles. The first-order valence-electron chi connectivity index (χ1n) is 10.7. The van der Waals surface area contributed by atoms with Crippen molar-refractivity contribution in [1.82, 2.24) is 14.8 Å². The zero-order valence-electron chi connectivity index (χ0n) is 18.2. The van der Waals surface area contributed by atoms with Gasteiger partial charge < -0.3 is 9.64 Å². The smallest absolute Gasteiger partial charge is 0.248 e. The Bertz CT molecular complexity index is 1010. The Balaban J connectivity index is 1.63. The van der Waals surface area contributed by atoms with Crippen LogP contribution in [-0.4, -0.2) is 41.3 Å². The van der Waals surface area contributed by atoms with Crippen molar-refractivity contribution in [3.63, 3.8) is 0 Å². The third kappa shape index (κ3) is 4.32. The van der Waals surface area contributed by atoms with Gasteiger partial charge in [0.15, 0.2) is 0 Å². The number of hydrogen-bond donors (Lipinski definition) is 0. The average Bonchev–Trinajstić information content (AvgIpc) is 3.23. The van der Waals surface area contributed by atoms with Crippen LogP contribution in [0.1, 0.15) is 29.7 Å². The number of amides is 1. The Morgan fingerprint density at radius 2 is 1.77 bits per heavy atom. The normalized spacial score (nSPS) is 18.6. The summed E-state index contributed by atoms with van der Waals surface area (Å²) in [5.74, 6) is 0.928. The Morgan fingerprint density at radius 3 is 2.52 bits per heavy atom. The van der Waals surface area contributed by atoms with E-state index in [1.165, 1.54) is 0 Å². The van der Waals surface area contributed by atoms with E-state index in [4.69, 9.17) is 4.74 Å². The highest BCUT2D eigenvalue weighted by Gasteiger charge is 2.50. The van der Waals surface area contributed by atoms with E-state index in [1.54, 1.807) is 11.1 Å². The lowest BCUT2D eigenvalue weighted by molar-refractivity contribution is -0.141. The summed E-state index contributed by atoms with van der Waals surface area (Å²) < 4.78 is 6.18. The number of benzene rings is 2. The van der Waals surface area contributed by atoms with Crippen molar-refractivity contribution in [2.45, 2.75) is 31.5 Å². The van der Waals surface area contributed by atoms with E-state index in [0.29, 0.717) is 13.2 Å². The molecule has 1 fully saturated rings. The number of likely N-dealkylation sites (N-methyl/N-ethyl adjacent to an activating group) is 1. The first-order chi connectivity index (χ1) is 15.1. The van der Waals surface area contributed by atoms with E-state index in [9.17, 15) is 4.79 Å². The standard InChI is InChI=1S/C26H29N3O2/c1-28(2)25(30)26(24-15-8-9-17-27-24)16-10-18-29(26)19-22-13-6-7-14-23(22)31-20-21-11-4-3-5-12-21/h3-9,11-15,17H,10,16,18-20H2,1-2H3/t26-/m1/s1.